The fourth-order valence-corrected chi connectivity index (χ4v) is 4.96. The monoisotopic (exact) mass is 447 g/mol. The average molecular weight is 448 g/mol. The Morgan fingerprint density at radius 2 is 1.77 bits per heavy atom. The van der Waals surface area contributed by atoms with Crippen molar-refractivity contribution in [2.24, 2.45) is 0 Å². The second-order valence-electron chi connectivity index (χ2n) is 7.61. The van der Waals surface area contributed by atoms with Crippen molar-refractivity contribution in [2.75, 3.05) is 57.9 Å². The molecule has 31 heavy (non-hydrogen) atoms. The minimum absolute atomic E-state index is 0.277. The molecule has 7 nitrogen and oxygen atoms in total. The summed E-state index contributed by atoms with van der Waals surface area (Å²) in [5, 5.41) is 0. The Bertz CT molecular complexity index is 957. The lowest BCUT2D eigenvalue weighted by Crippen LogP contribution is -2.47. The standard InChI is InChI=1S/C23H33N3O4S/c1-4-30-22-11-10-20(18-19(22)2)31(27,28)24-12-7-13-25-14-16-26(17-15-25)21-8-5-6-9-23(21)29-3/h5-6,8-11,18,24H,4,7,12-17H2,1-3H3. The zero-order valence-corrected chi connectivity index (χ0v) is 19.5. The third-order valence-electron chi connectivity index (χ3n) is 5.50. The number of ether oxygens (including phenoxy) is 2. The Kier molecular flexibility index (Phi) is 8.17. The third kappa shape index (κ3) is 6.12. The Hall–Kier alpha value is -2.29. The van der Waals surface area contributed by atoms with Crippen molar-refractivity contribution in [3.05, 3.63) is 48.0 Å². The zero-order chi connectivity index (χ0) is 22.3. The quantitative estimate of drug-likeness (QED) is 0.565. The van der Waals surface area contributed by atoms with E-state index in [2.05, 4.69) is 20.6 Å². The lowest BCUT2D eigenvalue weighted by molar-refractivity contribution is 0.254. The van der Waals surface area contributed by atoms with Gasteiger partial charge < -0.3 is 14.4 Å². The number of benzene rings is 2. The molecule has 2 aromatic rings. The second kappa shape index (κ2) is 10.8. The van der Waals surface area contributed by atoms with Crippen LogP contribution >= 0.6 is 0 Å². The van der Waals surface area contributed by atoms with E-state index in [1.54, 1.807) is 25.3 Å². The Labute approximate surface area is 186 Å². The van der Waals surface area contributed by atoms with Gasteiger partial charge in [0.2, 0.25) is 10.0 Å². The van der Waals surface area contributed by atoms with E-state index in [9.17, 15) is 8.42 Å². The Morgan fingerprint density at radius 1 is 1.03 bits per heavy atom. The summed E-state index contributed by atoms with van der Waals surface area (Å²) >= 11 is 0. The van der Waals surface area contributed by atoms with Crippen molar-refractivity contribution in [2.45, 2.75) is 25.2 Å². The van der Waals surface area contributed by atoms with Gasteiger partial charge in [-0.3, -0.25) is 4.90 Å². The normalized spacial score (nSPS) is 15.1. The van der Waals surface area contributed by atoms with Gasteiger partial charge in [0.15, 0.2) is 0 Å². The minimum Gasteiger partial charge on any atom is -0.495 e. The predicted octanol–water partition coefficient (Wildman–Crippen LogP) is 2.89. The maximum atomic E-state index is 12.6. The molecule has 1 heterocycles. The number of nitrogens with one attached hydrogen (secondary N) is 1. The van der Waals surface area contributed by atoms with E-state index < -0.39 is 10.0 Å². The lowest BCUT2D eigenvalue weighted by atomic mass is 10.2. The van der Waals surface area contributed by atoms with Gasteiger partial charge in [0.25, 0.3) is 0 Å². The maximum Gasteiger partial charge on any atom is 0.240 e. The molecule has 0 amide bonds. The number of hydrogen-bond acceptors (Lipinski definition) is 6. The fourth-order valence-electron chi connectivity index (χ4n) is 3.80. The molecule has 1 aliphatic heterocycles. The third-order valence-corrected chi connectivity index (χ3v) is 6.96. The van der Waals surface area contributed by atoms with Gasteiger partial charge in [-0.1, -0.05) is 12.1 Å². The van der Waals surface area contributed by atoms with Crippen LogP contribution in [0.15, 0.2) is 47.4 Å². The number of aryl methyl sites for hydroxylation is 1. The number of methoxy groups -OCH3 is 1. The number of piperazine rings is 1. The summed E-state index contributed by atoms with van der Waals surface area (Å²) in [6, 6.07) is 13.1. The van der Waals surface area contributed by atoms with E-state index >= 15 is 0 Å². The van der Waals surface area contributed by atoms with Gasteiger partial charge in [0.05, 0.1) is 24.3 Å². The zero-order valence-electron chi connectivity index (χ0n) is 18.6. The van der Waals surface area contributed by atoms with Crippen LogP contribution in [0.25, 0.3) is 0 Å². The van der Waals surface area contributed by atoms with Crippen LogP contribution < -0.4 is 19.1 Å². The molecule has 170 valence electrons. The summed E-state index contributed by atoms with van der Waals surface area (Å²) in [5.74, 6) is 1.61. The van der Waals surface area contributed by atoms with Crippen molar-refractivity contribution >= 4 is 15.7 Å². The molecule has 0 aromatic heterocycles. The Morgan fingerprint density at radius 3 is 2.45 bits per heavy atom. The highest BCUT2D eigenvalue weighted by atomic mass is 32.2. The minimum atomic E-state index is -3.52. The maximum absolute atomic E-state index is 12.6. The highest BCUT2D eigenvalue weighted by Gasteiger charge is 2.20. The van der Waals surface area contributed by atoms with Crippen LogP contribution in [0.1, 0.15) is 18.9 Å². The van der Waals surface area contributed by atoms with E-state index in [1.165, 1.54) is 0 Å². The number of anilines is 1. The van der Waals surface area contributed by atoms with Gasteiger partial charge in [-0.25, -0.2) is 13.1 Å². The van der Waals surface area contributed by atoms with Crippen LogP contribution in [-0.4, -0.2) is 66.3 Å². The molecule has 0 atom stereocenters. The molecule has 3 rings (SSSR count). The highest BCUT2D eigenvalue weighted by molar-refractivity contribution is 7.89. The SMILES string of the molecule is CCOc1ccc(S(=O)(=O)NCCCN2CCN(c3ccccc3OC)CC2)cc1C. The van der Waals surface area contributed by atoms with E-state index in [-0.39, 0.29) is 4.90 Å². The van der Waals surface area contributed by atoms with Crippen LogP contribution in [0.5, 0.6) is 11.5 Å². The molecule has 0 aliphatic carbocycles. The first-order valence-corrected chi connectivity index (χ1v) is 12.3. The summed E-state index contributed by atoms with van der Waals surface area (Å²) < 4.78 is 38.8. The van der Waals surface area contributed by atoms with E-state index in [0.717, 1.165) is 56.1 Å². The molecule has 1 N–H and O–H groups in total. The summed E-state index contributed by atoms with van der Waals surface area (Å²) in [7, 11) is -1.82. The lowest BCUT2D eigenvalue weighted by Gasteiger charge is -2.36. The van der Waals surface area contributed by atoms with Gasteiger partial charge >= 0.3 is 0 Å². The van der Waals surface area contributed by atoms with Gasteiger partial charge in [-0.05, 0) is 62.7 Å². The number of rotatable bonds is 10. The Balaban J connectivity index is 1.43. The first kappa shape index (κ1) is 23.4. The van der Waals surface area contributed by atoms with Gasteiger partial charge in [-0.15, -0.1) is 0 Å². The summed E-state index contributed by atoms with van der Waals surface area (Å²) in [6.45, 7) is 9.35. The van der Waals surface area contributed by atoms with Crippen molar-refractivity contribution in [1.29, 1.82) is 0 Å². The largest absolute Gasteiger partial charge is 0.495 e. The summed E-state index contributed by atoms with van der Waals surface area (Å²) in [4.78, 5) is 4.99. The molecule has 0 bridgehead atoms. The summed E-state index contributed by atoms with van der Waals surface area (Å²) in [5.41, 5.74) is 1.95. The van der Waals surface area contributed by atoms with E-state index in [1.807, 2.05) is 32.0 Å². The van der Waals surface area contributed by atoms with Crippen LogP contribution in [-0.2, 0) is 10.0 Å². The fraction of sp³-hybridized carbons (Fsp3) is 0.478. The van der Waals surface area contributed by atoms with Crippen LogP contribution in [0.4, 0.5) is 5.69 Å². The smallest absolute Gasteiger partial charge is 0.240 e. The summed E-state index contributed by atoms with van der Waals surface area (Å²) in [6.07, 6.45) is 0.768. The molecular formula is C23H33N3O4S. The molecule has 0 saturated carbocycles. The van der Waals surface area contributed by atoms with E-state index in [4.69, 9.17) is 9.47 Å². The van der Waals surface area contributed by atoms with Gasteiger partial charge in [-0.2, -0.15) is 0 Å². The topological polar surface area (TPSA) is 71.1 Å². The number of hydrogen-bond donors (Lipinski definition) is 1. The van der Waals surface area contributed by atoms with Crippen LogP contribution in [0.3, 0.4) is 0 Å². The first-order valence-electron chi connectivity index (χ1n) is 10.8. The molecular weight excluding hydrogens is 414 g/mol. The molecule has 0 spiro atoms. The van der Waals surface area contributed by atoms with E-state index in [0.29, 0.717) is 18.9 Å². The molecule has 1 fully saturated rings. The van der Waals surface area contributed by atoms with Crippen molar-refractivity contribution in [3.63, 3.8) is 0 Å². The number of nitrogens with zero attached hydrogens (tertiary/aromatic N) is 2. The number of para-hydroxylation sites is 2. The molecule has 0 unspecified atom stereocenters. The van der Waals surface area contributed by atoms with Crippen molar-refractivity contribution in [1.82, 2.24) is 9.62 Å². The highest BCUT2D eigenvalue weighted by Crippen LogP contribution is 2.28. The predicted molar refractivity (Wildman–Crippen MR) is 124 cm³/mol. The molecule has 0 radical (unpaired) electrons. The molecule has 1 aliphatic rings. The first-order chi connectivity index (χ1) is 14.9. The second-order valence-corrected chi connectivity index (χ2v) is 9.38. The van der Waals surface area contributed by atoms with Crippen LogP contribution in [0.2, 0.25) is 0 Å². The van der Waals surface area contributed by atoms with Crippen LogP contribution in [0, 0.1) is 6.92 Å². The van der Waals surface area contributed by atoms with Gasteiger partial charge in [0.1, 0.15) is 11.5 Å². The molecule has 1 saturated heterocycles. The van der Waals surface area contributed by atoms with Gasteiger partial charge in [0, 0.05) is 32.7 Å². The number of sulfonamides is 1. The molecule has 2 aromatic carbocycles. The molecule has 8 heteroatoms. The van der Waals surface area contributed by atoms with Crippen molar-refractivity contribution < 1.29 is 17.9 Å². The van der Waals surface area contributed by atoms with Crippen molar-refractivity contribution in [3.8, 4) is 11.5 Å². The average Bonchev–Trinajstić information content (AvgIpc) is 2.78.